The van der Waals surface area contributed by atoms with Gasteiger partial charge in [-0.1, -0.05) is 0 Å². The van der Waals surface area contributed by atoms with Gasteiger partial charge in [0.1, 0.15) is 17.0 Å². The number of pyridine rings is 1. The van der Waals surface area contributed by atoms with Crippen LogP contribution in [0, 0.1) is 0 Å². The minimum Gasteiger partial charge on any atom is -0.480 e. The van der Waals surface area contributed by atoms with Crippen LogP contribution in [0.2, 0.25) is 0 Å². The van der Waals surface area contributed by atoms with Crippen molar-refractivity contribution in [1.29, 1.82) is 0 Å². The Bertz CT molecular complexity index is 330. The first-order valence-electron chi connectivity index (χ1n) is 3.37. The number of halogens is 2. The standard InChI is InChI=1S/C7H6Br2N2O2/c8-4-1-2-5(9)11-7(4)10-3-6(12)13/h1-2H,3H2,(H,10,11)(H,12,13). The fourth-order valence-corrected chi connectivity index (χ4v) is 1.37. The van der Waals surface area contributed by atoms with Crippen LogP contribution >= 0.6 is 31.9 Å². The summed E-state index contributed by atoms with van der Waals surface area (Å²) in [6.07, 6.45) is 0. The Labute approximate surface area is 91.6 Å². The van der Waals surface area contributed by atoms with Crippen molar-refractivity contribution in [2.45, 2.75) is 0 Å². The molecular weight excluding hydrogens is 304 g/mol. The fraction of sp³-hybridized carbons (Fsp3) is 0.143. The van der Waals surface area contributed by atoms with Gasteiger partial charge >= 0.3 is 5.97 Å². The molecule has 0 unspecified atom stereocenters. The Hall–Kier alpha value is -0.620. The quantitative estimate of drug-likeness (QED) is 0.839. The Balaban J connectivity index is 2.75. The van der Waals surface area contributed by atoms with E-state index in [0.29, 0.717) is 10.4 Å². The largest absolute Gasteiger partial charge is 0.480 e. The van der Waals surface area contributed by atoms with E-state index in [0.717, 1.165) is 4.47 Å². The van der Waals surface area contributed by atoms with Gasteiger partial charge in [-0.05, 0) is 44.0 Å². The molecule has 0 aliphatic rings. The number of carboxylic acids is 1. The van der Waals surface area contributed by atoms with Gasteiger partial charge in [-0.2, -0.15) is 0 Å². The van der Waals surface area contributed by atoms with Crippen LogP contribution in [-0.2, 0) is 4.79 Å². The number of carboxylic acid groups (broad SMARTS) is 1. The Morgan fingerprint density at radius 1 is 1.54 bits per heavy atom. The van der Waals surface area contributed by atoms with Crippen molar-refractivity contribution < 1.29 is 9.90 Å². The molecule has 1 aromatic rings. The first-order valence-corrected chi connectivity index (χ1v) is 4.96. The summed E-state index contributed by atoms with van der Waals surface area (Å²) in [5, 5.41) is 11.1. The number of aromatic nitrogens is 1. The SMILES string of the molecule is O=C(O)CNc1nc(Br)ccc1Br. The zero-order valence-corrected chi connectivity index (χ0v) is 9.59. The summed E-state index contributed by atoms with van der Waals surface area (Å²) in [6, 6.07) is 3.54. The van der Waals surface area contributed by atoms with Crippen LogP contribution in [0.1, 0.15) is 0 Å². The number of hydrogen-bond acceptors (Lipinski definition) is 3. The van der Waals surface area contributed by atoms with Gasteiger partial charge in [-0.15, -0.1) is 0 Å². The third-order valence-electron chi connectivity index (χ3n) is 1.22. The molecule has 0 amide bonds. The fourth-order valence-electron chi connectivity index (χ4n) is 0.702. The van der Waals surface area contributed by atoms with E-state index < -0.39 is 5.97 Å². The molecule has 0 radical (unpaired) electrons. The van der Waals surface area contributed by atoms with Gasteiger partial charge in [0.15, 0.2) is 0 Å². The molecule has 1 heterocycles. The molecule has 1 rings (SSSR count). The highest BCUT2D eigenvalue weighted by atomic mass is 79.9. The monoisotopic (exact) mass is 308 g/mol. The minimum atomic E-state index is -0.923. The number of hydrogen-bond donors (Lipinski definition) is 2. The highest BCUT2D eigenvalue weighted by Gasteiger charge is 2.03. The van der Waals surface area contributed by atoms with Crippen molar-refractivity contribution in [3.63, 3.8) is 0 Å². The second-order valence-electron chi connectivity index (χ2n) is 2.21. The number of carbonyl (C=O) groups is 1. The molecule has 2 N–H and O–H groups in total. The molecule has 0 aliphatic carbocycles. The van der Waals surface area contributed by atoms with E-state index in [1.165, 1.54) is 0 Å². The second-order valence-corrected chi connectivity index (χ2v) is 3.88. The summed E-state index contributed by atoms with van der Waals surface area (Å²) in [5.41, 5.74) is 0. The summed E-state index contributed by atoms with van der Waals surface area (Å²) >= 11 is 6.43. The van der Waals surface area contributed by atoms with E-state index >= 15 is 0 Å². The topological polar surface area (TPSA) is 62.2 Å². The molecule has 0 aromatic carbocycles. The summed E-state index contributed by atoms with van der Waals surface area (Å²) in [5.74, 6) is -0.412. The first kappa shape index (κ1) is 10.5. The predicted octanol–water partition coefficient (Wildman–Crippen LogP) is 2.10. The summed E-state index contributed by atoms with van der Waals surface area (Å²) < 4.78 is 1.39. The van der Waals surface area contributed by atoms with Crippen molar-refractivity contribution in [2.24, 2.45) is 0 Å². The maximum absolute atomic E-state index is 10.3. The van der Waals surface area contributed by atoms with Crippen molar-refractivity contribution in [1.82, 2.24) is 4.98 Å². The third-order valence-corrected chi connectivity index (χ3v) is 2.30. The van der Waals surface area contributed by atoms with Crippen molar-refractivity contribution >= 4 is 43.6 Å². The molecule has 0 bridgehead atoms. The second kappa shape index (κ2) is 4.57. The van der Waals surface area contributed by atoms with Crippen molar-refractivity contribution in [2.75, 3.05) is 11.9 Å². The van der Waals surface area contributed by atoms with Crippen molar-refractivity contribution in [3.05, 3.63) is 21.2 Å². The molecule has 0 saturated carbocycles. The van der Waals surface area contributed by atoms with Crippen LogP contribution in [0.3, 0.4) is 0 Å². The average Bonchev–Trinajstić information content (AvgIpc) is 2.06. The van der Waals surface area contributed by atoms with Crippen LogP contribution < -0.4 is 5.32 Å². The highest BCUT2D eigenvalue weighted by molar-refractivity contribution is 9.11. The zero-order chi connectivity index (χ0) is 9.84. The van der Waals surface area contributed by atoms with Gasteiger partial charge in [0, 0.05) is 0 Å². The molecule has 70 valence electrons. The zero-order valence-electron chi connectivity index (χ0n) is 6.42. The van der Waals surface area contributed by atoms with Crippen LogP contribution in [-0.4, -0.2) is 22.6 Å². The number of nitrogens with one attached hydrogen (secondary N) is 1. The Kier molecular flexibility index (Phi) is 3.68. The molecule has 4 nitrogen and oxygen atoms in total. The molecule has 0 saturated heterocycles. The summed E-state index contributed by atoms with van der Waals surface area (Å²) in [7, 11) is 0. The molecule has 0 atom stereocenters. The van der Waals surface area contributed by atoms with Gasteiger partial charge in [0.25, 0.3) is 0 Å². The lowest BCUT2D eigenvalue weighted by Crippen LogP contribution is -2.13. The van der Waals surface area contributed by atoms with Gasteiger partial charge in [0.05, 0.1) is 4.47 Å². The van der Waals surface area contributed by atoms with E-state index in [2.05, 4.69) is 42.2 Å². The predicted molar refractivity (Wildman–Crippen MR) is 55.8 cm³/mol. The molecule has 0 aliphatic heterocycles. The van der Waals surface area contributed by atoms with Crippen LogP contribution in [0.5, 0.6) is 0 Å². The van der Waals surface area contributed by atoms with Gasteiger partial charge in [0.2, 0.25) is 0 Å². The van der Waals surface area contributed by atoms with E-state index in [-0.39, 0.29) is 6.54 Å². The van der Waals surface area contributed by atoms with Gasteiger partial charge in [-0.3, -0.25) is 4.79 Å². The molecule has 0 fully saturated rings. The molecular formula is C7H6Br2N2O2. The van der Waals surface area contributed by atoms with E-state index in [1.54, 1.807) is 12.1 Å². The number of nitrogens with zero attached hydrogens (tertiary/aromatic N) is 1. The van der Waals surface area contributed by atoms with Gasteiger partial charge in [-0.25, -0.2) is 4.98 Å². The average molecular weight is 310 g/mol. The lowest BCUT2D eigenvalue weighted by molar-refractivity contribution is -0.134. The maximum Gasteiger partial charge on any atom is 0.322 e. The van der Waals surface area contributed by atoms with Crippen LogP contribution in [0.4, 0.5) is 5.82 Å². The van der Waals surface area contributed by atoms with Gasteiger partial charge < -0.3 is 10.4 Å². The number of rotatable bonds is 3. The number of anilines is 1. The Morgan fingerprint density at radius 2 is 2.23 bits per heavy atom. The van der Waals surface area contributed by atoms with Crippen LogP contribution in [0.15, 0.2) is 21.2 Å². The smallest absolute Gasteiger partial charge is 0.322 e. The highest BCUT2D eigenvalue weighted by Crippen LogP contribution is 2.21. The maximum atomic E-state index is 10.3. The minimum absolute atomic E-state index is 0.151. The number of aliphatic carboxylic acids is 1. The third kappa shape index (κ3) is 3.31. The summed E-state index contributed by atoms with van der Waals surface area (Å²) in [4.78, 5) is 14.3. The molecule has 6 heteroatoms. The van der Waals surface area contributed by atoms with E-state index in [4.69, 9.17) is 5.11 Å². The van der Waals surface area contributed by atoms with Crippen LogP contribution in [0.25, 0.3) is 0 Å². The first-order chi connectivity index (χ1) is 6.09. The lowest BCUT2D eigenvalue weighted by Gasteiger charge is -2.04. The molecule has 13 heavy (non-hydrogen) atoms. The Morgan fingerprint density at radius 3 is 2.85 bits per heavy atom. The lowest BCUT2D eigenvalue weighted by atomic mass is 10.4. The van der Waals surface area contributed by atoms with E-state index in [9.17, 15) is 4.79 Å². The van der Waals surface area contributed by atoms with E-state index in [1.807, 2.05) is 0 Å². The summed E-state index contributed by atoms with van der Waals surface area (Å²) in [6.45, 7) is -0.151. The normalized spacial score (nSPS) is 9.69. The van der Waals surface area contributed by atoms with Crippen molar-refractivity contribution in [3.8, 4) is 0 Å². The molecule has 1 aromatic heterocycles. The molecule has 0 spiro atoms.